The van der Waals surface area contributed by atoms with E-state index in [9.17, 15) is 14.7 Å². The van der Waals surface area contributed by atoms with E-state index in [2.05, 4.69) is 58.9 Å². The molecule has 3 rings (SSSR count). The molecule has 4 heteroatoms. The quantitative estimate of drug-likeness (QED) is 0.355. The van der Waals surface area contributed by atoms with Gasteiger partial charge in [0.05, 0.1) is 12.7 Å². The van der Waals surface area contributed by atoms with Crippen LogP contribution in [0, 0.1) is 0 Å². The van der Waals surface area contributed by atoms with Crippen LogP contribution in [0.15, 0.2) is 60.7 Å². The van der Waals surface area contributed by atoms with Gasteiger partial charge < -0.3 is 9.84 Å². The van der Waals surface area contributed by atoms with Crippen molar-refractivity contribution in [3.8, 4) is 0 Å². The Bertz CT molecular complexity index is 1130. The first kappa shape index (κ1) is 25.5. The zero-order chi connectivity index (χ0) is 25.1. The largest absolute Gasteiger partial charge is 0.478 e. The highest BCUT2D eigenvalue weighted by Crippen LogP contribution is 2.46. The first-order valence-corrected chi connectivity index (χ1v) is 11.9. The van der Waals surface area contributed by atoms with Crippen LogP contribution in [0.3, 0.4) is 0 Å². The van der Waals surface area contributed by atoms with Crippen molar-refractivity contribution in [1.82, 2.24) is 0 Å². The zero-order valence-electron chi connectivity index (χ0n) is 21.1. The molecule has 0 heterocycles. The maximum atomic E-state index is 12.0. The number of esters is 1. The minimum absolute atomic E-state index is 0.141. The lowest BCUT2D eigenvalue weighted by Crippen LogP contribution is -2.33. The second-order valence-corrected chi connectivity index (χ2v) is 10.6. The SMILES string of the molecule is COC(=O)c1cccc(C(C=CC(=O)O)C/C=C(\C)c2ccc3c(c2)C(C)(C)CCC3(C)C)c1. The summed E-state index contributed by atoms with van der Waals surface area (Å²) in [5.74, 6) is -1.58. The lowest BCUT2D eigenvalue weighted by molar-refractivity contribution is -0.131. The molecule has 1 aliphatic carbocycles. The second kappa shape index (κ2) is 10.0. The summed E-state index contributed by atoms with van der Waals surface area (Å²) in [4.78, 5) is 23.2. The maximum absolute atomic E-state index is 12.0. The molecule has 0 fully saturated rings. The number of hydrogen-bond donors (Lipinski definition) is 1. The van der Waals surface area contributed by atoms with Gasteiger partial charge in [-0.3, -0.25) is 0 Å². The van der Waals surface area contributed by atoms with Crippen LogP contribution >= 0.6 is 0 Å². The molecule has 0 bridgehead atoms. The first-order chi connectivity index (χ1) is 15.9. The standard InChI is InChI=1S/C30H36O4/c1-20(22-12-14-25-26(19-22)30(4,5)17-16-29(25,2)3)10-11-21(13-15-27(31)32)23-8-7-9-24(18-23)28(33)34-6/h7-10,12-15,18-19,21H,11,16-17H2,1-6H3,(H,31,32)/b15-13?,20-10+. The van der Waals surface area contributed by atoms with Crippen LogP contribution in [0.5, 0.6) is 0 Å². The Morgan fingerprint density at radius 3 is 2.32 bits per heavy atom. The molecule has 0 amide bonds. The van der Waals surface area contributed by atoms with E-state index in [4.69, 9.17) is 4.74 Å². The molecule has 4 nitrogen and oxygen atoms in total. The number of carboxylic acid groups (broad SMARTS) is 1. The van der Waals surface area contributed by atoms with Crippen LogP contribution in [0.2, 0.25) is 0 Å². The molecule has 1 unspecified atom stereocenters. The van der Waals surface area contributed by atoms with Crippen molar-refractivity contribution in [1.29, 1.82) is 0 Å². The van der Waals surface area contributed by atoms with Crippen molar-refractivity contribution in [2.75, 3.05) is 7.11 Å². The van der Waals surface area contributed by atoms with E-state index in [-0.39, 0.29) is 16.7 Å². The Hall–Kier alpha value is -3.14. The Morgan fingerprint density at radius 2 is 1.68 bits per heavy atom. The molecule has 0 saturated carbocycles. The fraction of sp³-hybridized carbons (Fsp3) is 0.400. The van der Waals surface area contributed by atoms with Gasteiger partial charge in [-0.2, -0.15) is 0 Å². The average molecular weight is 461 g/mol. The third-order valence-corrected chi connectivity index (χ3v) is 7.19. The zero-order valence-corrected chi connectivity index (χ0v) is 21.1. The molecule has 2 aromatic carbocycles. The lowest BCUT2D eigenvalue weighted by atomic mass is 9.63. The fourth-order valence-electron chi connectivity index (χ4n) is 4.79. The van der Waals surface area contributed by atoms with Gasteiger partial charge in [0.2, 0.25) is 0 Å². The fourth-order valence-corrected chi connectivity index (χ4v) is 4.79. The molecule has 0 radical (unpaired) electrons. The van der Waals surface area contributed by atoms with Crippen molar-refractivity contribution in [3.05, 3.63) is 88.5 Å². The van der Waals surface area contributed by atoms with E-state index < -0.39 is 11.9 Å². The summed E-state index contributed by atoms with van der Waals surface area (Å²) in [6.45, 7) is 11.4. The van der Waals surface area contributed by atoms with Crippen LogP contribution in [0.4, 0.5) is 0 Å². The predicted octanol–water partition coefficient (Wildman–Crippen LogP) is 7.04. The van der Waals surface area contributed by atoms with Crippen molar-refractivity contribution in [2.45, 2.75) is 70.6 Å². The third kappa shape index (κ3) is 5.67. The average Bonchev–Trinajstić information content (AvgIpc) is 2.81. The van der Waals surface area contributed by atoms with E-state index in [0.717, 1.165) is 17.6 Å². The molecule has 0 spiro atoms. The van der Waals surface area contributed by atoms with E-state index >= 15 is 0 Å². The highest BCUT2D eigenvalue weighted by Gasteiger charge is 2.36. The highest BCUT2D eigenvalue weighted by molar-refractivity contribution is 5.89. The number of carbonyl (C=O) groups excluding carboxylic acids is 1. The molecule has 0 aromatic heterocycles. The second-order valence-electron chi connectivity index (χ2n) is 10.6. The Labute approximate surface area is 203 Å². The summed E-state index contributed by atoms with van der Waals surface area (Å²) >= 11 is 0. The molecule has 0 saturated heterocycles. The maximum Gasteiger partial charge on any atom is 0.337 e. The van der Waals surface area contributed by atoms with Gasteiger partial charge in [-0.15, -0.1) is 0 Å². The van der Waals surface area contributed by atoms with Gasteiger partial charge in [-0.05, 0) is 77.0 Å². The molecule has 1 atom stereocenters. The van der Waals surface area contributed by atoms with Crippen molar-refractivity contribution in [3.63, 3.8) is 0 Å². The van der Waals surface area contributed by atoms with Gasteiger partial charge in [0.15, 0.2) is 0 Å². The number of allylic oxidation sites excluding steroid dienone is 3. The normalized spacial score (nSPS) is 17.8. The van der Waals surface area contributed by atoms with Gasteiger partial charge in [0, 0.05) is 12.0 Å². The van der Waals surface area contributed by atoms with Gasteiger partial charge in [-0.1, -0.05) is 70.2 Å². The number of hydrogen-bond acceptors (Lipinski definition) is 3. The number of ether oxygens (including phenoxy) is 1. The molecular weight excluding hydrogens is 424 g/mol. The summed E-state index contributed by atoms with van der Waals surface area (Å²) in [6.07, 6.45) is 7.97. The van der Waals surface area contributed by atoms with E-state index in [1.54, 1.807) is 24.3 Å². The van der Waals surface area contributed by atoms with Crippen LogP contribution in [0.1, 0.15) is 92.4 Å². The van der Waals surface area contributed by atoms with Gasteiger partial charge in [-0.25, -0.2) is 9.59 Å². The lowest BCUT2D eigenvalue weighted by Gasteiger charge is -2.42. The Balaban J connectivity index is 1.93. The van der Waals surface area contributed by atoms with Crippen LogP contribution in [-0.2, 0) is 20.4 Å². The molecule has 180 valence electrons. The number of carboxylic acids is 1. The predicted molar refractivity (Wildman–Crippen MR) is 137 cm³/mol. The molecule has 1 N–H and O–H groups in total. The van der Waals surface area contributed by atoms with E-state index in [1.165, 1.54) is 36.3 Å². The van der Waals surface area contributed by atoms with Gasteiger partial charge in [0.1, 0.15) is 0 Å². The van der Waals surface area contributed by atoms with Gasteiger partial charge in [0.25, 0.3) is 0 Å². The summed E-state index contributed by atoms with van der Waals surface area (Å²) < 4.78 is 4.84. The summed E-state index contributed by atoms with van der Waals surface area (Å²) in [6, 6.07) is 14.0. The number of carbonyl (C=O) groups is 2. The van der Waals surface area contributed by atoms with Crippen molar-refractivity contribution < 1.29 is 19.4 Å². The van der Waals surface area contributed by atoms with Crippen LogP contribution in [-0.4, -0.2) is 24.2 Å². The Morgan fingerprint density at radius 1 is 1.00 bits per heavy atom. The monoisotopic (exact) mass is 460 g/mol. The first-order valence-electron chi connectivity index (χ1n) is 11.9. The number of fused-ring (bicyclic) bond motifs is 1. The van der Waals surface area contributed by atoms with Crippen LogP contribution < -0.4 is 0 Å². The molecule has 34 heavy (non-hydrogen) atoms. The van der Waals surface area contributed by atoms with Crippen molar-refractivity contribution in [2.24, 2.45) is 0 Å². The number of rotatable bonds is 7. The van der Waals surface area contributed by atoms with Gasteiger partial charge >= 0.3 is 11.9 Å². The third-order valence-electron chi connectivity index (χ3n) is 7.19. The Kier molecular flexibility index (Phi) is 7.50. The van der Waals surface area contributed by atoms with E-state index in [1.807, 2.05) is 6.07 Å². The number of benzene rings is 2. The molecular formula is C30H36O4. The minimum Gasteiger partial charge on any atom is -0.478 e. The minimum atomic E-state index is -0.991. The topological polar surface area (TPSA) is 63.6 Å². The van der Waals surface area contributed by atoms with Crippen LogP contribution in [0.25, 0.3) is 5.57 Å². The summed E-state index contributed by atoms with van der Waals surface area (Å²) in [5, 5.41) is 9.17. The molecule has 1 aliphatic rings. The van der Waals surface area contributed by atoms with Crippen molar-refractivity contribution >= 4 is 17.5 Å². The summed E-state index contributed by atoms with van der Waals surface area (Å²) in [7, 11) is 1.35. The summed E-state index contributed by atoms with van der Waals surface area (Å²) in [5.41, 5.74) is 6.84. The smallest absolute Gasteiger partial charge is 0.337 e. The number of aliphatic carboxylic acids is 1. The number of methoxy groups -OCH3 is 1. The molecule has 0 aliphatic heterocycles. The highest BCUT2D eigenvalue weighted by atomic mass is 16.5. The molecule has 2 aromatic rings. The van der Waals surface area contributed by atoms with E-state index in [0.29, 0.717) is 12.0 Å².